The van der Waals surface area contributed by atoms with Crippen LogP contribution in [-0.4, -0.2) is 7.25 Å². The highest BCUT2D eigenvalue weighted by Crippen LogP contribution is 2.06. The number of aromatic nitrogens is 1. The number of nitrogens with zero attached hydrogens (tertiary/aromatic N) is 1. The zero-order valence-corrected chi connectivity index (χ0v) is 11.4. The summed E-state index contributed by atoms with van der Waals surface area (Å²) in [5, 5.41) is 0. The maximum atomic E-state index is 9.75. The molecule has 108 valence electrons. The lowest BCUT2D eigenvalue weighted by molar-refractivity contribution is -0.694. The Balaban J connectivity index is 0.000000347. The van der Waals surface area contributed by atoms with E-state index in [0.717, 1.165) is 6.54 Å². The van der Waals surface area contributed by atoms with E-state index >= 15 is 0 Å². The molecule has 0 unspecified atom stereocenters. The zero-order valence-electron chi connectivity index (χ0n) is 11.4. The fourth-order valence-corrected chi connectivity index (χ4v) is 1.70. The molecule has 0 fully saturated rings. The Bertz CT molecular complexity index is 535. The summed E-state index contributed by atoms with van der Waals surface area (Å²) in [6, 6.07) is 14.8. The first-order chi connectivity index (χ1) is 9.27. The minimum Gasteiger partial charge on any atom is -0.418 e. The first-order valence-electron chi connectivity index (χ1n) is 6.14. The molecule has 6 heteroatoms. The normalized spacial score (nSPS) is 10.7. The average molecular weight is 285 g/mol. The Labute approximate surface area is 116 Å². The van der Waals surface area contributed by atoms with Gasteiger partial charge in [-0.25, -0.2) is 0 Å². The van der Waals surface area contributed by atoms with Crippen molar-refractivity contribution in [2.24, 2.45) is 0 Å². The highest BCUT2D eigenvalue weighted by Gasteiger charge is 2.20. The first-order valence-corrected chi connectivity index (χ1v) is 6.14. The molecule has 1 heterocycles. The highest BCUT2D eigenvalue weighted by molar-refractivity contribution is 6.50. The van der Waals surface area contributed by atoms with Crippen LogP contribution in [0.1, 0.15) is 16.8 Å². The van der Waals surface area contributed by atoms with Gasteiger partial charge >= 0.3 is 7.25 Å². The molecule has 0 radical (unpaired) electrons. The zero-order chi connectivity index (χ0) is 15.2. The third-order valence-electron chi connectivity index (χ3n) is 2.81. The van der Waals surface area contributed by atoms with E-state index in [1.54, 1.807) is 0 Å². The van der Waals surface area contributed by atoms with Crippen LogP contribution < -0.4 is 4.57 Å². The van der Waals surface area contributed by atoms with E-state index in [0.29, 0.717) is 0 Å². The van der Waals surface area contributed by atoms with Crippen molar-refractivity contribution in [3.05, 3.63) is 65.5 Å². The maximum absolute atomic E-state index is 9.75. The second-order valence-electron chi connectivity index (χ2n) is 4.38. The predicted octanol–water partition coefficient (Wildman–Crippen LogP) is 3.94. The molecule has 0 saturated carbocycles. The summed E-state index contributed by atoms with van der Waals surface area (Å²) < 4.78 is 41.3. The maximum Gasteiger partial charge on any atom is 0.673 e. The monoisotopic (exact) mass is 285 g/mol. The standard InChI is InChI=1S/C14H16N.BF4/c1-12-7-6-10-15(13(12)2)11-14-8-4-3-5-9-14;2-1(3,4)5/h3-10H,11H2,1-2H3;/q+1;-1. The van der Waals surface area contributed by atoms with E-state index in [-0.39, 0.29) is 0 Å². The predicted molar refractivity (Wildman–Crippen MR) is 71.8 cm³/mol. The first kappa shape index (κ1) is 16.2. The van der Waals surface area contributed by atoms with Crippen LogP contribution >= 0.6 is 0 Å². The van der Waals surface area contributed by atoms with Crippen molar-refractivity contribution < 1.29 is 21.8 Å². The molecule has 20 heavy (non-hydrogen) atoms. The molecular weight excluding hydrogens is 269 g/mol. The second kappa shape index (κ2) is 7.08. The molecule has 2 rings (SSSR count). The van der Waals surface area contributed by atoms with Crippen LogP contribution in [0.4, 0.5) is 17.3 Å². The van der Waals surface area contributed by atoms with Crippen LogP contribution in [0.15, 0.2) is 48.7 Å². The Hall–Kier alpha value is -1.85. The summed E-state index contributed by atoms with van der Waals surface area (Å²) in [5.74, 6) is 0. The smallest absolute Gasteiger partial charge is 0.418 e. The van der Waals surface area contributed by atoms with Gasteiger partial charge in [0.25, 0.3) is 0 Å². The average Bonchev–Trinajstić information content (AvgIpc) is 2.34. The number of rotatable bonds is 2. The molecule has 1 aromatic carbocycles. The molecule has 2 aromatic rings. The molecule has 0 aliphatic carbocycles. The van der Waals surface area contributed by atoms with Crippen molar-refractivity contribution in [1.29, 1.82) is 0 Å². The fraction of sp³-hybridized carbons (Fsp3) is 0.214. The minimum absolute atomic E-state index is 0.953. The van der Waals surface area contributed by atoms with Crippen LogP contribution in [0.5, 0.6) is 0 Å². The Morgan fingerprint density at radius 1 is 0.900 bits per heavy atom. The molecule has 0 amide bonds. The van der Waals surface area contributed by atoms with Gasteiger partial charge in [0.15, 0.2) is 18.4 Å². The number of benzene rings is 1. The summed E-state index contributed by atoms with van der Waals surface area (Å²) in [6.07, 6.45) is 2.13. The third kappa shape index (κ3) is 6.36. The van der Waals surface area contributed by atoms with Gasteiger partial charge in [-0.3, -0.25) is 0 Å². The second-order valence-corrected chi connectivity index (χ2v) is 4.38. The number of aryl methyl sites for hydroxylation is 1. The summed E-state index contributed by atoms with van der Waals surface area (Å²) in [5.41, 5.74) is 4.02. The summed E-state index contributed by atoms with van der Waals surface area (Å²) >= 11 is 0. The van der Waals surface area contributed by atoms with Gasteiger partial charge in [-0.2, -0.15) is 4.57 Å². The topological polar surface area (TPSA) is 3.88 Å². The van der Waals surface area contributed by atoms with Gasteiger partial charge in [-0.05, 0) is 13.0 Å². The van der Waals surface area contributed by atoms with Crippen LogP contribution in [0.3, 0.4) is 0 Å². The highest BCUT2D eigenvalue weighted by atomic mass is 19.5. The number of pyridine rings is 1. The Morgan fingerprint density at radius 3 is 2.00 bits per heavy atom. The van der Waals surface area contributed by atoms with Crippen LogP contribution in [-0.2, 0) is 6.54 Å². The van der Waals surface area contributed by atoms with Gasteiger partial charge in [0, 0.05) is 24.1 Å². The van der Waals surface area contributed by atoms with E-state index in [9.17, 15) is 17.3 Å². The van der Waals surface area contributed by atoms with Gasteiger partial charge in [0.1, 0.15) is 0 Å². The number of hydrogen-bond donors (Lipinski definition) is 0. The lowest BCUT2D eigenvalue weighted by Crippen LogP contribution is -2.37. The van der Waals surface area contributed by atoms with Crippen molar-refractivity contribution in [2.45, 2.75) is 20.4 Å². The van der Waals surface area contributed by atoms with Gasteiger partial charge in [-0.15, -0.1) is 0 Å². The van der Waals surface area contributed by atoms with Crippen molar-refractivity contribution in [3.63, 3.8) is 0 Å². The number of hydrogen-bond acceptors (Lipinski definition) is 0. The van der Waals surface area contributed by atoms with Crippen molar-refractivity contribution in [3.8, 4) is 0 Å². The van der Waals surface area contributed by atoms with Crippen LogP contribution in [0.2, 0.25) is 0 Å². The summed E-state index contributed by atoms with van der Waals surface area (Å²) in [7, 11) is -6.00. The van der Waals surface area contributed by atoms with Crippen molar-refractivity contribution >= 4 is 7.25 Å². The molecule has 0 N–H and O–H groups in total. The lowest BCUT2D eigenvalue weighted by atomic mass is 10.2. The van der Waals surface area contributed by atoms with E-state index in [1.165, 1.54) is 16.8 Å². The molecule has 0 atom stereocenters. The SMILES string of the molecule is Cc1ccc[n+](Cc2ccccc2)c1C.F[B-](F)(F)F. The molecule has 0 spiro atoms. The van der Waals surface area contributed by atoms with E-state index in [4.69, 9.17) is 0 Å². The molecule has 1 aromatic heterocycles. The quantitative estimate of drug-likeness (QED) is 0.447. The van der Waals surface area contributed by atoms with Gasteiger partial charge < -0.3 is 17.3 Å². The van der Waals surface area contributed by atoms with Gasteiger partial charge in [-0.1, -0.05) is 30.3 Å². The Kier molecular flexibility index (Phi) is 5.73. The third-order valence-corrected chi connectivity index (χ3v) is 2.81. The fourth-order valence-electron chi connectivity index (χ4n) is 1.70. The van der Waals surface area contributed by atoms with Gasteiger partial charge in [0.05, 0.1) is 0 Å². The van der Waals surface area contributed by atoms with Gasteiger partial charge in [0.2, 0.25) is 0 Å². The van der Waals surface area contributed by atoms with E-state index in [2.05, 4.69) is 67.1 Å². The molecule has 0 bridgehead atoms. The largest absolute Gasteiger partial charge is 0.673 e. The van der Waals surface area contributed by atoms with Crippen LogP contribution in [0, 0.1) is 13.8 Å². The van der Waals surface area contributed by atoms with E-state index < -0.39 is 7.25 Å². The molecule has 1 nitrogen and oxygen atoms in total. The number of halogens is 4. The molecule has 0 aliphatic heterocycles. The summed E-state index contributed by atoms with van der Waals surface area (Å²) in [6.45, 7) is 5.27. The van der Waals surface area contributed by atoms with E-state index in [1.807, 2.05) is 0 Å². The minimum atomic E-state index is -6.00. The lowest BCUT2D eigenvalue weighted by Gasteiger charge is -2.02. The van der Waals surface area contributed by atoms with Crippen molar-refractivity contribution in [1.82, 2.24) is 0 Å². The summed E-state index contributed by atoms with van der Waals surface area (Å²) in [4.78, 5) is 0. The molecular formula is C14H16BF4N. The Morgan fingerprint density at radius 2 is 1.45 bits per heavy atom. The molecule has 0 saturated heterocycles. The van der Waals surface area contributed by atoms with Crippen molar-refractivity contribution in [2.75, 3.05) is 0 Å². The van der Waals surface area contributed by atoms with Crippen LogP contribution in [0.25, 0.3) is 0 Å². The molecule has 0 aliphatic rings.